The summed E-state index contributed by atoms with van der Waals surface area (Å²) < 4.78 is 29.6. The number of rotatable bonds is 6. The van der Waals surface area contributed by atoms with Crippen LogP contribution in [-0.4, -0.2) is 77.0 Å². The molecule has 0 aliphatic carbocycles. The van der Waals surface area contributed by atoms with Gasteiger partial charge in [-0.1, -0.05) is 52.5 Å². The molecular formula is C27H28Cl4N4O4S. The van der Waals surface area contributed by atoms with E-state index < -0.39 is 22.1 Å². The summed E-state index contributed by atoms with van der Waals surface area (Å²) in [4.78, 5) is 32.7. The molecule has 3 heterocycles. The Kier molecular flexibility index (Phi) is 8.36. The Bertz CT molecular complexity index is 1490. The first-order valence-electron chi connectivity index (χ1n) is 12.9. The van der Waals surface area contributed by atoms with Crippen LogP contribution in [0.3, 0.4) is 0 Å². The van der Waals surface area contributed by atoms with Crippen LogP contribution in [0.25, 0.3) is 0 Å². The molecule has 3 aliphatic rings. The molecule has 2 atom stereocenters. The van der Waals surface area contributed by atoms with Gasteiger partial charge in [-0.2, -0.15) is 0 Å². The lowest BCUT2D eigenvalue weighted by Crippen LogP contribution is -2.67. The van der Waals surface area contributed by atoms with Crippen LogP contribution in [0.5, 0.6) is 0 Å². The molecule has 2 saturated heterocycles. The summed E-state index contributed by atoms with van der Waals surface area (Å²) in [6.45, 7) is 4.85. The normalized spacial score (nSPS) is 22.3. The predicted molar refractivity (Wildman–Crippen MR) is 156 cm³/mol. The van der Waals surface area contributed by atoms with Crippen molar-refractivity contribution < 1.29 is 18.0 Å². The summed E-state index contributed by atoms with van der Waals surface area (Å²) in [5.74, 6) is -0.532. The smallest absolute Gasteiger partial charge is 0.267 e. The fourth-order valence-corrected chi connectivity index (χ4v) is 7.98. The third kappa shape index (κ3) is 5.32. The van der Waals surface area contributed by atoms with Crippen LogP contribution in [0.4, 0.5) is 0 Å². The first kappa shape index (κ1) is 29.5. The van der Waals surface area contributed by atoms with Gasteiger partial charge in [0.05, 0.1) is 21.6 Å². The first-order valence-corrected chi connectivity index (χ1v) is 15.9. The molecule has 0 radical (unpaired) electrons. The molecule has 5 rings (SSSR count). The zero-order chi connectivity index (χ0) is 28.9. The Balaban J connectivity index is 1.66. The molecule has 2 unspecified atom stereocenters. The maximum atomic E-state index is 14.2. The molecule has 0 N–H and O–H groups in total. The first-order chi connectivity index (χ1) is 18.9. The lowest BCUT2D eigenvalue weighted by molar-refractivity contribution is -0.152. The standard InChI is InChI=1S/C27H28Cl4N4O4S/c1-16(2)33-15-25-34(40(38,39)24-8-6-18(28)13-21(24)31)14-23(32-9-3-4-10-32)27(37)35(25)22(26(33)36)12-17-5-7-19(29)20(30)11-17/h5-8,11,13,15-16,22-23H,3-4,9-10,12,14H2,1-2H3. The second kappa shape index (κ2) is 11.3. The highest BCUT2D eigenvalue weighted by molar-refractivity contribution is 7.89. The van der Waals surface area contributed by atoms with Crippen molar-refractivity contribution in [3.05, 3.63) is 74.1 Å². The maximum absolute atomic E-state index is 14.2. The summed E-state index contributed by atoms with van der Waals surface area (Å²) in [7, 11) is -4.26. The molecule has 0 aromatic heterocycles. The number of hydrogen-bond acceptors (Lipinski definition) is 5. The van der Waals surface area contributed by atoms with Gasteiger partial charge in [0, 0.05) is 23.7 Å². The number of carbonyl (C=O) groups is 2. The molecule has 40 heavy (non-hydrogen) atoms. The molecule has 2 aromatic carbocycles. The Morgan fingerprint density at radius 3 is 2.23 bits per heavy atom. The molecular weight excluding hydrogens is 618 g/mol. The van der Waals surface area contributed by atoms with Crippen molar-refractivity contribution >= 4 is 68.2 Å². The van der Waals surface area contributed by atoms with Crippen LogP contribution in [0.1, 0.15) is 32.3 Å². The fourth-order valence-electron chi connectivity index (χ4n) is 5.45. The second-order valence-electron chi connectivity index (χ2n) is 10.4. The van der Waals surface area contributed by atoms with E-state index in [1.54, 1.807) is 18.2 Å². The number of hydrogen-bond donors (Lipinski definition) is 0. The number of fused-ring (bicyclic) bond motifs is 1. The van der Waals surface area contributed by atoms with Gasteiger partial charge in [-0.05, 0) is 75.7 Å². The number of benzene rings is 2. The summed E-state index contributed by atoms with van der Waals surface area (Å²) in [5, 5.41) is 0.948. The van der Waals surface area contributed by atoms with E-state index >= 15 is 0 Å². The van der Waals surface area contributed by atoms with E-state index in [0.29, 0.717) is 33.7 Å². The van der Waals surface area contributed by atoms with Crippen molar-refractivity contribution in [1.82, 2.24) is 19.0 Å². The highest BCUT2D eigenvalue weighted by atomic mass is 35.5. The number of likely N-dealkylation sites (tertiary alicyclic amines) is 1. The minimum atomic E-state index is -4.26. The minimum absolute atomic E-state index is 0.0331. The van der Waals surface area contributed by atoms with Gasteiger partial charge in [-0.15, -0.1) is 0 Å². The molecule has 0 bridgehead atoms. The molecule has 13 heteroatoms. The lowest BCUT2D eigenvalue weighted by atomic mass is 9.98. The van der Waals surface area contributed by atoms with Gasteiger partial charge in [0.2, 0.25) is 11.8 Å². The molecule has 2 aromatic rings. The number of nitrogens with zero attached hydrogens (tertiary/aromatic N) is 4. The quantitative estimate of drug-likeness (QED) is 0.428. The lowest BCUT2D eigenvalue weighted by Gasteiger charge is -2.50. The van der Waals surface area contributed by atoms with E-state index in [1.165, 1.54) is 38.5 Å². The highest BCUT2D eigenvalue weighted by Crippen LogP contribution is 2.38. The zero-order valence-corrected chi connectivity index (χ0v) is 25.7. The van der Waals surface area contributed by atoms with E-state index in [2.05, 4.69) is 0 Å². The third-order valence-corrected chi connectivity index (χ3v) is 10.7. The summed E-state index contributed by atoms with van der Waals surface area (Å²) >= 11 is 24.8. The van der Waals surface area contributed by atoms with Crippen molar-refractivity contribution in [1.29, 1.82) is 0 Å². The Morgan fingerprint density at radius 1 is 0.900 bits per heavy atom. The van der Waals surface area contributed by atoms with E-state index in [9.17, 15) is 18.0 Å². The van der Waals surface area contributed by atoms with Crippen LogP contribution < -0.4 is 0 Å². The van der Waals surface area contributed by atoms with Crippen molar-refractivity contribution in [2.45, 2.75) is 56.1 Å². The van der Waals surface area contributed by atoms with Crippen LogP contribution >= 0.6 is 46.4 Å². The Hall–Kier alpha value is -2.01. The fraction of sp³-hybridized carbons (Fsp3) is 0.407. The molecule has 8 nitrogen and oxygen atoms in total. The van der Waals surface area contributed by atoms with Crippen LogP contribution in [-0.2, 0) is 26.0 Å². The molecule has 214 valence electrons. The Labute approximate surface area is 254 Å². The zero-order valence-electron chi connectivity index (χ0n) is 21.9. The number of carbonyl (C=O) groups excluding carboxylic acids is 2. The van der Waals surface area contributed by atoms with Crippen LogP contribution in [0.2, 0.25) is 20.1 Å². The minimum Gasteiger partial charge on any atom is -0.311 e. The molecule has 0 spiro atoms. The average molecular weight is 646 g/mol. The van der Waals surface area contributed by atoms with Crippen LogP contribution in [0, 0.1) is 0 Å². The average Bonchev–Trinajstić information content (AvgIpc) is 3.42. The maximum Gasteiger partial charge on any atom is 0.267 e. The summed E-state index contributed by atoms with van der Waals surface area (Å²) in [5.41, 5.74) is 0.684. The van der Waals surface area contributed by atoms with Gasteiger partial charge in [0.15, 0.2) is 0 Å². The van der Waals surface area contributed by atoms with E-state index in [4.69, 9.17) is 46.4 Å². The van der Waals surface area contributed by atoms with Crippen molar-refractivity contribution in [3.8, 4) is 0 Å². The summed E-state index contributed by atoms with van der Waals surface area (Å²) in [6, 6.07) is 7.14. The molecule has 2 amide bonds. The van der Waals surface area contributed by atoms with Crippen molar-refractivity contribution in [2.75, 3.05) is 19.6 Å². The van der Waals surface area contributed by atoms with Crippen molar-refractivity contribution in [3.63, 3.8) is 0 Å². The third-order valence-electron chi connectivity index (χ3n) is 7.48. The van der Waals surface area contributed by atoms with Gasteiger partial charge in [-0.25, -0.2) is 12.7 Å². The number of sulfonamides is 1. The monoisotopic (exact) mass is 644 g/mol. The highest BCUT2D eigenvalue weighted by Gasteiger charge is 2.51. The second-order valence-corrected chi connectivity index (χ2v) is 13.9. The number of amides is 2. The SMILES string of the molecule is CC(C)N1C=C2N(C(=O)C(N3CCCC3)CN2S(=O)(=O)c2ccc(Cl)cc2Cl)C(Cc2ccc(Cl)c(Cl)c2)C1=O. The van der Waals surface area contributed by atoms with E-state index in [-0.39, 0.29) is 46.6 Å². The largest absolute Gasteiger partial charge is 0.311 e. The van der Waals surface area contributed by atoms with Crippen molar-refractivity contribution in [2.24, 2.45) is 0 Å². The molecule has 2 fully saturated rings. The van der Waals surface area contributed by atoms with Gasteiger partial charge < -0.3 is 4.90 Å². The summed E-state index contributed by atoms with van der Waals surface area (Å²) in [6.07, 6.45) is 3.37. The van der Waals surface area contributed by atoms with Gasteiger partial charge in [0.1, 0.15) is 22.8 Å². The van der Waals surface area contributed by atoms with Gasteiger partial charge in [0.25, 0.3) is 10.0 Å². The Morgan fingerprint density at radius 2 is 1.60 bits per heavy atom. The van der Waals surface area contributed by atoms with Crippen LogP contribution in [0.15, 0.2) is 53.3 Å². The molecule has 3 aliphatic heterocycles. The van der Waals surface area contributed by atoms with Gasteiger partial charge in [-0.3, -0.25) is 19.4 Å². The van der Waals surface area contributed by atoms with E-state index in [0.717, 1.165) is 12.8 Å². The molecule has 0 saturated carbocycles. The predicted octanol–water partition coefficient (Wildman–Crippen LogP) is 5.26. The van der Waals surface area contributed by atoms with Gasteiger partial charge >= 0.3 is 0 Å². The van der Waals surface area contributed by atoms with E-state index in [1.807, 2.05) is 18.7 Å². The number of halogens is 4. The topological polar surface area (TPSA) is 81.2 Å².